The molecule has 0 bridgehead atoms. The maximum atomic E-state index is 12.1. The van der Waals surface area contributed by atoms with Crippen LogP contribution in [0.5, 0.6) is 5.75 Å². The predicted molar refractivity (Wildman–Crippen MR) is 97.4 cm³/mol. The molecule has 0 fully saturated rings. The average Bonchev–Trinajstić information content (AvgIpc) is 3.17. The number of thiophene rings is 1. The van der Waals surface area contributed by atoms with Gasteiger partial charge in [0.05, 0.1) is 16.7 Å². The number of nitrogens with zero attached hydrogens (tertiary/aromatic N) is 1. The second-order valence-corrected chi connectivity index (χ2v) is 7.53. The van der Waals surface area contributed by atoms with E-state index in [-0.39, 0.29) is 24.5 Å². The molecule has 0 spiro atoms. The van der Waals surface area contributed by atoms with Crippen molar-refractivity contribution in [1.29, 1.82) is 0 Å². The van der Waals surface area contributed by atoms with Crippen molar-refractivity contribution in [3.63, 3.8) is 0 Å². The standard InChI is InChI=1S/C17H16N2O3S2/c1-10-6-8-13(23-10)11(20)7-9-15(21)18-17-19-16-12(22-2)4-3-5-14(16)24-17/h3-6,8H,7,9H2,1-2H3,(H,18,19,21). The molecule has 0 radical (unpaired) electrons. The molecule has 0 atom stereocenters. The van der Waals surface area contributed by atoms with Gasteiger partial charge in [0.15, 0.2) is 10.9 Å². The summed E-state index contributed by atoms with van der Waals surface area (Å²) in [6, 6.07) is 9.35. The van der Waals surface area contributed by atoms with Gasteiger partial charge in [-0.25, -0.2) is 4.98 Å². The third-order valence-electron chi connectivity index (χ3n) is 3.44. The van der Waals surface area contributed by atoms with Crippen LogP contribution in [0.1, 0.15) is 27.4 Å². The van der Waals surface area contributed by atoms with Crippen molar-refractivity contribution in [2.75, 3.05) is 12.4 Å². The molecule has 0 aliphatic rings. The van der Waals surface area contributed by atoms with Gasteiger partial charge in [-0.2, -0.15) is 0 Å². The number of Topliss-reactive ketones (excluding diaryl/α,β-unsaturated/α-hetero) is 1. The number of carbonyl (C=O) groups is 2. The van der Waals surface area contributed by atoms with Crippen molar-refractivity contribution in [2.24, 2.45) is 0 Å². The highest BCUT2D eigenvalue weighted by Gasteiger charge is 2.14. The number of hydrogen-bond donors (Lipinski definition) is 1. The van der Waals surface area contributed by atoms with E-state index in [9.17, 15) is 9.59 Å². The number of ether oxygens (including phenoxy) is 1. The molecule has 2 heterocycles. The van der Waals surface area contributed by atoms with Crippen LogP contribution in [0.15, 0.2) is 30.3 Å². The first-order valence-corrected chi connectivity index (χ1v) is 9.03. The number of aromatic nitrogens is 1. The number of anilines is 1. The molecular formula is C17H16N2O3S2. The summed E-state index contributed by atoms with van der Waals surface area (Å²) in [6.45, 7) is 1.95. The van der Waals surface area contributed by atoms with Gasteiger partial charge in [-0.1, -0.05) is 17.4 Å². The zero-order chi connectivity index (χ0) is 17.1. The van der Waals surface area contributed by atoms with Gasteiger partial charge >= 0.3 is 0 Å². The second-order valence-electron chi connectivity index (χ2n) is 5.21. The number of carbonyl (C=O) groups excluding carboxylic acids is 2. The van der Waals surface area contributed by atoms with Gasteiger partial charge in [0.25, 0.3) is 0 Å². The summed E-state index contributed by atoms with van der Waals surface area (Å²) < 4.78 is 6.20. The monoisotopic (exact) mass is 360 g/mol. The highest BCUT2D eigenvalue weighted by Crippen LogP contribution is 2.32. The molecule has 0 saturated heterocycles. The topological polar surface area (TPSA) is 68.3 Å². The molecule has 7 heteroatoms. The van der Waals surface area contributed by atoms with Crippen molar-refractivity contribution in [3.8, 4) is 5.75 Å². The first-order chi connectivity index (χ1) is 11.6. The number of thiazole rings is 1. The number of ketones is 1. The molecule has 0 aliphatic carbocycles. The molecule has 3 rings (SSSR count). The number of amides is 1. The van der Waals surface area contributed by atoms with Gasteiger partial charge in [0, 0.05) is 17.7 Å². The summed E-state index contributed by atoms with van der Waals surface area (Å²) in [6.07, 6.45) is 0.336. The smallest absolute Gasteiger partial charge is 0.226 e. The van der Waals surface area contributed by atoms with Crippen LogP contribution in [0.3, 0.4) is 0 Å². The van der Waals surface area contributed by atoms with Crippen molar-refractivity contribution in [1.82, 2.24) is 4.98 Å². The summed E-state index contributed by atoms with van der Waals surface area (Å²) in [5.74, 6) is 0.455. The number of rotatable bonds is 6. The Morgan fingerprint density at radius 2 is 2.00 bits per heavy atom. The molecule has 1 amide bonds. The highest BCUT2D eigenvalue weighted by molar-refractivity contribution is 7.22. The largest absolute Gasteiger partial charge is 0.494 e. The molecule has 5 nitrogen and oxygen atoms in total. The van der Waals surface area contributed by atoms with Crippen LogP contribution in [0.25, 0.3) is 10.2 Å². The van der Waals surface area contributed by atoms with Crippen molar-refractivity contribution < 1.29 is 14.3 Å². The van der Waals surface area contributed by atoms with E-state index in [4.69, 9.17) is 4.74 Å². The molecule has 1 N–H and O–H groups in total. The average molecular weight is 360 g/mol. The van der Waals surface area contributed by atoms with E-state index in [1.165, 1.54) is 22.7 Å². The molecular weight excluding hydrogens is 344 g/mol. The minimum Gasteiger partial charge on any atom is -0.494 e. The first kappa shape index (κ1) is 16.6. The van der Waals surface area contributed by atoms with Gasteiger partial charge < -0.3 is 10.1 Å². The Labute approximate surface area is 147 Å². The van der Waals surface area contributed by atoms with E-state index >= 15 is 0 Å². The third-order valence-corrected chi connectivity index (χ3v) is 5.42. The predicted octanol–water partition coefficient (Wildman–Crippen LogP) is 4.28. The molecule has 0 unspecified atom stereocenters. The number of benzene rings is 1. The normalized spacial score (nSPS) is 10.8. The van der Waals surface area contributed by atoms with Crippen LogP contribution in [-0.2, 0) is 4.79 Å². The summed E-state index contributed by atoms with van der Waals surface area (Å²) in [7, 11) is 1.59. The van der Waals surface area contributed by atoms with Crippen LogP contribution in [-0.4, -0.2) is 23.8 Å². The number of hydrogen-bond acceptors (Lipinski definition) is 6. The fraction of sp³-hybridized carbons (Fsp3) is 0.235. The maximum Gasteiger partial charge on any atom is 0.226 e. The number of para-hydroxylation sites is 1. The summed E-state index contributed by atoms with van der Waals surface area (Å²) in [5, 5.41) is 3.27. The molecule has 0 saturated carbocycles. The van der Waals surface area contributed by atoms with Gasteiger partial charge in [-0.15, -0.1) is 11.3 Å². The van der Waals surface area contributed by atoms with Crippen molar-refractivity contribution in [2.45, 2.75) is 19.8 Å². The lowest BCUT2D eigenvalue weighted by atomic mass is 10.2. The van der Waals surface area contributed by atoms with Crippen LogP contribution in [0.4, 0.5) is 5.13 Å². The lowest BCUT2D eigenvalue weighted by Gasteiger charge is -2.00. The quantitative estimate of drug-likeness (QED) is 0.666. The second kappa shape index (κ2) is 7.11. The van der Waals surface area contributed by atoms with Crippen LogP contribution >= 0.6 is 22.7 Å². The molecule has 2 aromatic heterocycles. The van der Waals surface area contributed by atoms with Crippen LogP contribution < -0.4 is 10.1 Å². The minimum absolute atomic E-state index is 0.00535. The highest BCUT2D eigenvalue weighted by atomic mass is 32.1. The summed E-state index contributed by atoms with van der Waals surface area (Å²) >= 11 is 2.84. The van der Waals surface area contributed by atoms with Gasteiger partial charge in [-0.05, 0) is 31.2 Å². The lowest BCUT2D eigenvalue weighted by Crippen LogP contribution is -2.13. The van der Waals surface area contributed by atoms with E-state index in [1.807, 2.05) is 31.2 Å². The number of fused-ring (bicyclic) bond motifs is 1. The Morgan fingerprint density at radius 1 is 1.17 bits per heavy atom. The number of aryl methyl sites for hydroxylation is 1. The number of methoxy groups -OCH3 is 1. The lowest BCUT2D eigenvalue weighted by molar-refractivity contribution is -0.116. The summed E-state index contributed by atoms with van der Waals surface area (Å²) in [5.41, 5.74) is 0.727. The SMILES string of the molecule is COc1cccc2sc(NC(=O)CCC(=O)c3ccc(C)s3)nc12. The minimum atomic E-state index is -0.213. The Balaban J connectivity index is 1.62. The Hall–Kier alpha value is -2.25. The zero-order valence-electron chi connectivity index (χ0n) is 13.3. The first-order valence-electron chi connectivity index (χ1n) is 7.40. The van der Waals surface area contributed by atoms with Gasteiger partial charge in [0.1, 0.15) is 11.3 Å². The molecule has 1 aromatic carbocycles. The van der Waals surface area contributed by atoms with E-state index < -0.39 is 0 Å². The Bertz CT molecular complexity index is 898. The van der Waals surface area contributed by atoms with Crippen molar-refractivity contribution in [3.05, 3.63) is 40.1 Å². The fourth-order valence-electron chi connectivity index (χ4n) is 2.26. The molecule has 24 heavy (non-hydrogen) atoms. The van der Waals surface area contributed by atoms with Crippen molar-refractivity contribution >= 4 is 49.7 Å². The van der Waals surface area contributed by atoms with E-state index in [1.54, 1.807) is 13.2 Å². The Kier molecular flexibility index (Phi) is 4.92. The molecule has 124 valence electrons. The van der Waals surface area contributed by atoms with E-state index in [0.29, 0.717) is 15.8 Å². The number of nitrogens with one attached hydrogen (secondary N) is 1. The molecule has 3 aromatic rings. The third kappa shape index (κ3) is 3.63. The van der Waals surface area contributed by atoms with Crippen LogP contribution in [0, 0.1) is 6.92 Å². The zero-order valence-corrected chi connectivity index (χ0v) is 14.9. The maximum absolute atomic E-state index is 12.1. The van der Waals surface area contributed by atoms with Gasteiger partial charge in [-0.3, -0.25) is 9.59 Å². The Morgan fingerprint density at radius 3 is 2.71 bits per heavy atom. The fourth-order valence-corrected chi connectivity index (χ4v) is 3.99. The molecule has 0 aliphatic heterocycles. The van der Waals surface area contributed by atoms with E-state index in [2.05, 4.69) is 10.3 Å². The van der Waals surface area contributed by atoms with E-state index in [0.717, 1.165) is 15.1 Å². The van der Waals surface area contributed by atoms with Gasteiger partial charge in [0.2, 0.25) is 5.91 Å². The summed E-state index contributed by atoms with van der Waals surface area (Å²) in [4.78, 5) is 30.3. The van der Waals surface area contributed by atoms with Crippen LogP contribution in [0.2, 0.25) is 0 Å².